The molecule has 0 radical (unpaired) electrons. The zero-order valence-electron chi connectivity index (χ0n) is 13.9. The fourth-order valence-corrected chi connectivity index (χ4v) is 4.26. The Kier molecular flexibility index (Phi) is 4.89. The number of rotatable bonds is 3. The number of hydrogen-bond acceptors (Lipinski definition) is 6. The molecule has 0 aromatic carbocycles. The zero-order chi connectivity index (χ0) is 18.0. The Bertz CT molecular complexity index is 809. The highest BCUT2D eigenvalue weighted by Gasteiger charge is 2.29. The molecule has 0 fully saturated rings. The molecule has 1 atom stereocenters. The monoisotopic (exact) mass is 362 g/mol. The molecule has 0 unspecified atom stereocenters. The van der Waals surface area contributed by atoms with Gasteiger partial charge < -0.3 is 14.5 Å². The normalized spacial score (nSPS) is 16.0. The molecule has 2 heterocycles. The second-order valence-corrected chi connectivity index (χ2v) is 7.04. The Labute approximate surface area is 148 Å². The van der Waals surface area contributed by atoms with Gasteiger partial charge in [0.05, 0.1) is 18.9 Å². The first kappa shape index (κ1) is 17.2. The summed E-state index contributed by atoms with van der Waals surface area (Å²) < 4.78 is 9.58. The van der Waals surface area contributed by atoms with E-state index in [2.05, 4.69) is 22.3 Å². The maximum atomic E-state index is 12.5. The van der Waals surface area contributed by atoms with Crippen LogP contribution in [0.5, 0.6) is 0 Å². The highest BCUT2D eigenvalue weighted by molar-refractivity contribution is 7.17. The summed E-state index contributed by atoms with van der Waals surface area (Å²) in [5, 5.41) is 5.32. The number of alkyl carbamates (subject to hydrolysis) is 1. The Hall–Kier alpha value is -2.61. The molecule has 0 aliphatic heterocycles. The van der Waals surface area contributed by atoms with Gasteiger partial charge >= 0.3 is 6.09 Å². The molecular weight excluding hydrogens is 344 g/mol. The van der Waals surface area contributed by atoms with Gasteiger partial charge in [-0.05, 0) is 42.9 Å². The molecular formula is C17H18N2O5S. The maximum absolute atomic E-state index is 12.5. The lowest BCUT2D eigenvalue weighted by atomic mass is 9.88. The average Bonchev–Trinajstić information content (AvgIpc) is 3.21. The van der Waals surface area contributed by atoms with E-state index in [-0.39, 0.29) is 5.76 Å². The van der Waals surface area contributed by atoms with Crippen LogP contribution in [0, 0.1) is 5.92 Å². The Morgan fingerprint density at radius 2 is 2.12 bits per heavy atom. The van der Waals surface area contributed by atoms with Crippen molar-refractivity contribution in [2.75, 3.05) is 12.4 Å². The third kappa shape index (κ3) is 3.58. The molecule has 1 aliphatic rings. The molecule has 0 saturated carbocycles. The Morgan fingerprint density at radius 3 is 2.80 bits per heavy atom. The molecule has 0 bridgehead atoms. The minimum absolute atomic E-state index is 0.152. The summed E-state index contributed by atoms with van der Waals surface area (Å²) in [6.45, 7) is 2.15. The first-order chi connectivity index (χ1) is 12.0. The minimum Gasteiger partial charge on any atom is -0.459 e. The van der Waals surface area contributed by atoms with Gasteiger partial charge in [-0.15, -0.1) is 11.3 Å². The number of methoxy groups -OCH3 is 1. The fraction of sp³-hybridized carbons (Fsp3) is 0.353. The van der Waals surface area contributed by atoms with E-state index in [1.807, 2.05) is 0 Å². The number of carbonyl (C=O) groups is 3. The second kappa shape index (κ2) is 7.10. The van der Waals surface area contributed by atoms with Crippen molar-refractivity contribution in [3.8, 4) is 0 Å². The number of carbonyl (C=O) groups excluding carboxylic acids is 3. The van der Waals surface area contributed by atoms with Crippen LogP contribution in [0.25, 0.3) is 0 Å². The van der Waals surface area contributed by atoms with Crippen LogP contribution in [0.15, 0.2) is 22.8 Å². The van der Waals surface area contributed by atoms with Crippen molar-refractivity contribution in [3.63, 3.8) is 0 Å². The lowest BCUT2D eigenvalue weighted by molar-refractivity contribution is 0.0937. The van der Waals surface area contributed by atoms with Gasteiger partial charge in [0.1, 0.15) is 5.00 Å². The number of hydrogen-bond donors (Lipinski definition) is 2. The average molecular weight is 362 g/mol. The van der Waals surface area contributed by atoms with Crippen molar-refractivity contribution in [1.82, 2.24) is 5.32 Å². The molecule has 0 saturated heterocycles. The lowest BCUT2D eigenvalue weighted by Crippen LogP contribution is -2.31. The van der Waals surface area contributed by atoms with E-state index in [1.165, 1.54) is 24.7 Å². The van der Waals surface area contributed by atoms with Gasteiger partial charge in [-0.25, -0.2) is 4.79 Å². The molecule has 132 valence electrons. The van der Waals surface area contributed by atoms with Crippen LogP contribution < -0.4 is 10.6 Å². The number of fused-ring (bicyclic) bond motifs is 1. The molecule has 25 heavy (non-hydrogen) atoms. The van der Waals surface area contributed by atoms with E-state index >= 15 is 0 Å². The van der Waals surface area contributed by atoms with Gasteiger partial charge in [-0.2, -0.15) is 0 Å². The quantitative estimate of drug-likeness (QED) is 0.874. The van der Waals surface area contributed by atoms with E-state index in [0.717, 1.165) is 29.7 Å². The zero-order valence-corrected chi connectivity index (χ0v) is 14.7. The first-order valence-corrected chi connectivity index (χ1v) is 8.70. The van der Waals surface area contributed by atoms with Crippen molar-refractivity contribution in [2.24, 2.45) is 5.92 Å². The SMILES string of the molecule is COC(=O)NC(=O)c1c(NC(=O)c2ccco2)sc2c1CC[C@@H](C)C2. The molecule has 2 N–H and O–H groups in total. The van der Waals surface area contributed by atoms with Gasteiger partial charge in [-0.3, -0.25) is 14.9 Å². The standard InChI is InChI=1S/C17H18N2O5S/c1-9-5-6-10-12(8-9)25-16(13(10)15(21)19-17(22)23-2)18-14(20)11-4-3-7-24-11/h3-4,7,9H,5-6,8H2,1-2H3,(H,18,20)(H,19,21,22)/t9-/m1/s1. The van der Waals surface area contributed by atoms with Crippen LogP contribution in [0.1, 0.15) is 44.7 Å². The number of furan rings is 1. The molecule has 1 aliphatic carbocycles. The smallest absolute Gasteiger partial charge is 0.413 e. The van der Waals surface area contributed by atoms with Crippen LogP contribution in [0.4, 0.5) is 9.80 Å². The van der Waals surface area contributed by atoms with Gasteiger partial charge in [0.2, 0.25) is 0 Å². The lowest BCUT2D eigenvalue weighted by Gasteiger charge is -2.18. The van der Waals surface area contributed by atoms with Crippen LogP contribution in [-0.4, -0.2) is 25.0 Å². The number of imide groups is 1. The van der Waals surface area contributed by atoms with Crippen molar-refractivity contribution in [3.05, 3.63) is 40.2 Å². The van der Waals surface area contributed by atoms with Gasteiger partial charge in [-0.1, -0.05) is 6.92 Å². The highest BCUT2D eigenvalue weighted by Crippen LogP contribution is 2.39. The summed E-state index contributed by atoms with van der Waals surface area (Å²) in [5.74, 6) is -0.354. The summed E-state index contributed by atoms with van der Waals surface area (Å²) in [6, 6.07) is 3.15. The van der Waals surface area contributed by atoms with Crippen LogP contribution >= 0.6 is 11.3 Å². The number of thiophene rings is 1. The number of amides is 3. The Morgan fingerprint density at radius 1 is 1.32 bits per heavy atom. The van der Waals surface area contributed by atoms with E-state index in [9.17, 15) is 14.4 Å². The molecule has 7 nitrogen and oxygen atoms in total. The van der Waals surface area contributed by atoms with Crippen molar-refractivity contribution >= 4 is 34.2 Å². The number of nitrogens with one attached hydrogen (secondary N) is 2. The van der Waals surface area contributed by atoms with Gasteiger partial charge in [0, 0.05) is 4.88 Å². The van der Waals surface area contributed by atoms with Crippen LogP contribution in [0.2, 0.25) is 0 Å². The summed E-state index contributed by atoms with van der Waals surface area (Å²) in [7, 11) is 1.19. The topological polar surface area (TPSA) is 97.6 Å². The molecule has 8 heteroatoms. The van der Waals surface area contributed by atoms with E-state index in [1.54, 1.807) is 12.1 Å². The summed E-state index contributed by atoms with van der Waals surface area (Å²) >= 11 is 1.37. The third-order valence-corrected chi connectivity index (χ3v) is 5.28. The molecule has 3 amide bonds. The van der Waals surface area contributed by atoms with Crippen molar-refractivity contribution in [2.45, 2.75) is 26.2 Å². The van der Waals surface area contributed by atoms with Crippen LogP contribution in [0.3, 0.4) is 0 Å². The Balaban J connectivity index is 1.94. The maximum Gasteiger partial charge on any atom is 0.413 e. The van der Waals surface area contributed by atoms with E-state index in [0.29, 0.717) is 16.5 Å². The fourth-order valence-electron chi connectivity index (χ4n) is 2.86. The van der Waals surface area contributed by atoms with Gasteiger partial charge in [0.25, 0.3) is 11.8 Å². The number of ether oxygens (including phenoxy) is 1. The third-order valence-electron chi connectivity index (χ3n) is 4.11. The molecule has 0 spiro atoms. The van der Waals surface area contributed by atoms with E-state index < -0.39 is 17.9 Å². The molecule has 3 rings (SSSR count). The van der Waals surface area contributed by atoms with Crippen molar-refractivity contribution in [1.29, 1.82) is 0 Å². The highest BCUT2D eigenvalue weighted by atomic mass is 32.1. The first-order valence-electron chi connectivity index (χ1n) is 7.88. The van der Waals surface area contributed by atoms with Gasteiger partial charge in [0.15, 0.2) is 5.76 Å². The molecule has 2 aromatic heterocycles. The second-order valence-electron chi connectivity index (χ2n) is 5.93. The molecule has 2 aromatic rings. The minimum atomic E-state index is -0.836. The summed E-state index contributed by atoms with van der Waals surface area (Å²) in [6.07, 6.45) is 3.09. The largest absolute Gasteiger partial charge is 0.459 e. The predicted octanol–water partition coefficient (Wildman–Crippen LogP) is 3.21. The summed E-state index contributed by atoms with van der Waals surface area (Å²) in [5.41, 5.74) is 1.22. The van der Waals surface area contributed by atoms with Crippen LogP contribution in [-0.2, 0) is 17.6 Å². The predicted molar refractivity (Wildman–Crippen MR) is 92.0 cm³/mol. The van der Waals surface area contributed by atoms with E-state index in [4.69, 9.17) is 4.42 Å². The summed E-state index contributed by atoms with van der Waals surface area (Å²) in [4.78, 5) is 37.3. The van der Waals surface area contributed by atoms with Crippen molar-refractivity contribution < 1.29 is 23.5 Å². The number of anilines is 1.